The van der Waals surface area contributed by atoms with Gasteiger partial charge in [0.15, 0.2) is 11.5 Å². The lowest BCUT2D eigenvalue weighted by Crippen LogP contribution is -2.02. The Kier molecular flexibility index (Phi) is 6.75. The molecule has 0 spiro atoms. The number of anilines is 1. The number of hydrogen-bond donors (Lipinski definition) is 1. The van der Waals surface area contributed by atoms with E-state index in [1.54, 1.807) is 11.8 Å². The third kappa shape index (κ3) is 4.34. The van der Waals surface area contributed by atoms with Crippen molar-refractivity contribution in [2.24, 2.45) is 0 Å². The summed E-state index contributed by atoms with van der Waals surface area (Å²) in [7, 11) is 1.82. The van der Waals surface area contributed by atoms with Gasteiger partial charge in [0.25, 0.3) is 0 Å². The molecule has 0 bridgehead atoms. The molecular weight excluding hydrogens is 420 g/mol. The minimum Gasteiger partial charge on any atom is -0.490 e. The number of benzene rings is 2. The Hall–Kier alpha value is -3.32. The molecule has 1 N–H and O–H groups in total. The number of rotatable bonds is 8. The summed E-state index contributed by atoms with van der Waals surface area (Å²) < 4.78 is 11.7. The Bertz CT molecular complexity index is 1250. The summed E-state index contributed by atoms with van der Waals surface area (Å²) in [5, 5.41) is 4.98. The Balaban J connectivity index is 1.93. The second kappa shape index (κ2) is 9.87. The average molecular weight is 447 g/mol. The van der Waals surface area contributed by atoms with Gasteiger partial charge in [-0.1, -0.05) is 24.3 Å². The van der Waals surface area contributed by atoms with E-state index in [0.29, 0.717) is 30.7 Å². The van der Waals surface area contributed by atoms with E-state index in [9.17, 15) is 0 Å². The molecule has 4 aromatic rings. The van der Waals surface area contributed by atoms with E-state index in [1.807, 2.05) is 57.6 Å². The second-order valence-electron chi connectivity index (χ2n) is 6.97. The SMILES string of the molecule is CCOc1cc2nc(NC)nc(-c3cccc(-c4cccnc4SC)c3)c2cc1OCC. The average Bonchev–Trinajstić information content (AvgIpc) is 2.84. The maximum Gasteiger partial charge on any atom is 0.223 e. The van der Waals surface area contributed by atoms with Crippen LogP contribution in [-0.4, -0.2) is 41.5 Å². The van der Waals surface area contributed by atoms with Crippen LogP contribution in [-0.2, 0) is 0 Å². The molecule has 0 saturated carbocycles. The van der Waals surface area contributed by atoms with Crippen molar-refractivity contribution in [3.63, 3.8) is 0 Å². The fourth-order valence-corrected chi connectivity index (χ4v) is 4.18. The normalized spacial score (nSPS) is 10.9. The van der Waals surface area contributed by atoms with E-state index in [2.05, 4.69) is 39.6 Å². The van der Waals surface area contributed by atoms with Gasteiger partial charge in [-0.05, 0) is 43.9 Å². The molecule has 32 heavy (non-hydrogen) atoms. The van der Waals surface area contributed by atoms with Gasteiger partial charge in [-0.3, -0.25) is 0 Å². The maximum absolute atomic E-state index is 5.86. The molecule has 2 aromatic heterocycles. The van der Waals surface area contributed by atoms with E-state index in [4.69, 9.17) is 14.5 Å². The number of fused-ring (bicyclic) bond motifs is 1. The molecule has 0 aliphatic rings. The van der Waals surface area contributed by atoms with Crippen LogP contribution < -0.4 is 14.8 Å². The lowest BCUT2D eigenvalue weighted by molar-refractivity contribution is 0.288. The van der Waals surface area contributed by atoms with Crippen LogP contribution in [0.4, 0.5) is 5.95 Å². The first-order chi connectivity index (χ1) is 15.7. The van der Waals surface area contributed by atoms with E-state index in [0.717, 1.165) is 38.3 Å². The molecule has 0 amide bonds. The van der Waals surface area contributed by atoms with Gasteiger partial charge < -0.3 is 14.8 Å². The Morgan fingerprint density at radius 1 is 0.906 bits per heavy atom. The molecule has 0 atom stereocenters. The van der Waals surface area contributed by atoms with Crippen LogP contribution in [0.5, 0.6) is 11.5 Å². The van der Waals surface area contributed by atoms with Crippen molar-refractivity contribution in [3.05, 3.63) is 54.7 Å². The van der Waals surface area contributed by atoms with Crippen molar-refractivity contribution < 1.29 is 9.47 Å². The highest BCUT2D eigenvalue weighted by molar-refractivity contribution is 7.98. The summed E-state index contributed by atoms with van der Waals surface area (Å²) >= 11 is 1.64. The van der Waals surface area contributed by atoms with Crippen LogP contribution in [0.3, 0.4) is 0 Å². The highest BCUT2D eigenvalue weighted by Crippen LogP contribution is 2.38. The Labute approximate surface area is 192 Å². The minimum absolute atomic E-state index is 0.546. The van der Waals surface area contributed by atoms with Crippen LogP contribution in [0.2, 0.25) is 0 Å². The number of aromatic nitrogens is 3. The van der Waals surface area contributed by atoms with Crippen LogP contribution in [0, 0.1) is 0 Å². The molecule has 0 saturated heterocycles. The van der Waals surface area contributed by atoms with E-state index >= 15 is 0 Å². The molecule has 0 unspecified atom stereocenters. The van der Waals surface area contributed by atoms with E-state index < -0.39 is 0 Å². The fourth-order valence-electron chi connectivity index (χ4n) is 3.61. The zero-order valence-electron chi connectivity index (χ0n) is 18.7. The van der Waals surface area contributed by atoms with Gasteiger partial charge in [0.2, 0.25) is 5.95 Å². The number of nitrogens with one attached hydrogen (secondary N) is 1. The minimum atomic E-state index is 0.546. The molecule has 6 nitrogen and oxygen atoms in total. The Morgan fingerprint density at radius 3 is 2.38 bits per heavy atom. The molecule has 7 heteroatoms. The smallest absolute Gasteiger partial charge is 0.223 e. The first-order valence-corrected chi connectivity index (χ1v) is 11.8. The topological polar surface area (TPSA) is 69.2 Å². The number of thioether (sulfide) groups is 1. The summed E-state index contributed by atoms with van der Waals surface area (Å²) in [6.07, 6.45) is 3.86. The molecule has 4 rings (SSSR count). The molecule has 2 heterocycles. The van der Waals surface area contributed by atoms with Gasteiger partial charge in [-0.15, -0.1) is 11.8 Å². The van der Waals surface area contributed by atoms with Crippen molar-refractivity contribution in [2.45, 2.75) is 18.9 Å². The van der Waals surface area contributed by atoms with Crippen LogP contribution in [0.15, 0.2) is 59.8 Å². The molecule has 2 aromatic carbocycles. The molecule has 0 aliphatic heterocycles. The van der Waals surface area contributed by atoms with Crippen LogP contribution >= 0.6 is 11.8 Å². The first kappa shape index (κ1) is 21.9. The molecule has 0 fully saturated rings. The maximum atomic E-state index is 5.86. The lowest BCUT2D eigenvalue weighted by Gasteiger charge is -2.15. The summed E-state index contributed by atoms with van der Waals surface area (Å²) in [5.74, 6) is 1.93. The third-order valence-corrected chi connectivity index (χ3v) is 5.71. The summed E-state index contributed by atoms with van der Waals surface area (Å²) in [5.41, 5.74) is 4.81. The Morgan fingerprint density at radius 2 is 1.66 bits per heavy atom. The van der Waals surface area contributed by atoms with Crippen LogP contribution in [0.25, 0.3) is 33.3 Å². The van der Waals surface area contributed by atoms with Crippen molar-refractivity contribution in [2.75, 3.05) is 31.8 Å². The number of pyridine rings is 1. The van der Waals surface area contributed by atoms with Gasteiger partial charge in [0, 0.05) is 35.8 Å². The molecule has 0 aliphatic carbocycles. The lowest BCUT2D eigenvalue weighted by atomic mass is 10.0. The molecule has 0 radical (unpaired) electrons. The predicted octanol–water partition coefficient (Wildman–Crippen LogP) is 5.92. The van der Waals surface area contributed by atoms with E-state index in [-0.39, 0.29) is 0 Å². The predicted molar refractivity (Wildman–Crippen MR) is 132 cm³/mol. The van der Waals surface area contributed by atoms with Crippen molar-refractivity contribution in [1.29, 1.82) is 0 Å². The fraction of sp³-hybridized carbons (Fsp3) is 0.240. The van der Waals surface area contributed by atoms with Crippen LogP contribution in [0.1, 0.15) is 13.8 Å². The van der Waals surface area contributed by atoms with E-state index in [1.165, 1.54) is 0 Å². The molecular formula is C25H26N4O2S. The van der Waals surface area contributed by atoms with Gasteiger partial charge in [0.05, 0.1) is 24.4 Å². The largest absolute Gasteiger partial charge is 0.490 e. The number of nitrogens with zero attached hydrogens (tertiary/aromatic N) is 3. The second-order valence-corrected chi connectivity index (χ2v) is 7.76. The first-order valence-electron chi connectivity index (χ1n) is 10.6. The number of hydrogen-bond acceptors (Lipinski definition) is 7. The van der Waals surface area contributed by atoms with Crippen molar-refractivity contribution >= 4 is 28.6 Å². The van der Waals surface area contributed by atoms with Gasteiger partial charge >= 0.3 is 0 Å². The number of ether oxygens (including phenoxy) is 2. The van der Waals surface area contributed by atoms with Gasteiger partial charge in [-0.2, -0.15) is 0 Å². The quantitative estimate of drug-likeness (QED) is 0.337. The molecule has 164 valence electrons. The summed E-state index contributed by atoms with van der Waals surface area (Å²) in [6, 6.07) is 16.3. The van der Waals surface area contributed by atoms with Gasteiger partial charge in [0.1, 0.15) is 5.03 Å². The summed E-state index contributed by atoms with van der Waals surface area (Å²) in [6.45, 7) is 5.01. The van der Waals surface area contributed by atoms with Gasteiger partial charge in [-0.25, -0.2) is 15.0 Å². The van der Waals surface area contributed by atoms with Crippen molar-refractivity contribution in [1.82, 2.24) is 15.0 Å². The monoisotopic (exact) mass is 446 g/mol. The van der Waals surface area contributed by atoms with Crippen molar-refractivity contribution in [3.8, 4) is 33.9 Å². The highest BCUT2D eigenvalue weighted by Gasteiger charge is 2.16. The third-order valence-electron chi connectivity index (χ3n) is 5.00. The zero-order valence-corrected chi connectivity index (χ0v) is 19.5. The summed E-state index contributed by atoms with van der Waals surface area (Å²) in [4.78, 5) is 14.0. The highest BCUT2D eigenvalue weighted by atomic mass is 32.2. The zero-order chi connectivity index (χ0) is 22.5. The standard InChI is InChI=1S/C25H26N4O2S/c1-5-30-21-14-19-20(15-22(21)31-6-2)28-25(26-3)29-23(19)17-10-7-9-16(13-17)18-11-8-12-27-24(18)32-4/h7-15H,5-6H2,1-4H3,(H,26,28,29).